The van der Waals surface area contributed by atoms with Crippen LogP contribution in [0, 0.1) is 0 Å². The van der Waals surface area contributed by atoms with Crippen molar-refractivity contribution in [1.29, 1.82) is 0 Å². The van der Waals surface area contributed by atoms with Crippen LogP contribution in [0.4, 0.5) is 5.95 Å². The van der Waals surface area contributed by atoms with Gasteiger partial charge in [0.15, 0.2) is 5.52 Å². The van der Waals surface area contributed by atoms with Crippen molar-refractivity contribution in [2.24, 2.45) is 0 Å². The van der Waals surface area contributed by atoms with Gasteiger partial charge in [-0.3, -0.25) is 4.79 Å². The lowest BCUT2D eigenvalue weighted by atomic mass is 10.1. The predicted molar refractivity (Wildman–Crippen MR) is 119 cm³/mol. The number of benzene rings is 1. The molecule has 4 rings (SSSR count). The molecule has 162 valence electrons. The van der Waals surface area contributed by atoms with Crippen molar-refractivity contribution in [2.75, 3.05) is 25.6 Å². The number of rotatable bonds is 10. The number of nitrogens with one attached hydrogen (secondary N) is 1. The maximum atomic E-state index is 12.2. The molecule has 3 N–H and O–H groups in total. The molecule has 0 bridgehead atoms. The Hall–Kier alpha value is -3.26. The smallest absolute Gasteiger partial charge is 0.251 e. The molecule has 0 saturated heterocycles. The number of hydrogen-bond donors (Lipinski definition) is 2. The number of unbranched alkanes of at least 4 members (excludes halogenated alkanes) is 1. The van der Waals surface area contributed by atoms with E-state index in [1.807, 2.05) is 43.3 Å². The average Bonchev–Trinajstić information content (AvgIpc) is 3.60. The van der Waals surface area contributed by atoms with Gasteiger partial charge in [0.25, 0.3) is 5.91 Å². The van der Waals surface area contributed by atoms with Crippen molar-refractivity contribution in [3.8, 4) is 17.1 Å². The highest BCUT2D eigenvalue weighted by molar-refractivity contribution is 5.95. The fourth-order valence-corrected chi connectivity index (χ4v) is 3.17. The van der Waals surface area contributed by atoms with Gasteiger partial charge in [0.2, 0.25) is 11.8 Å². The molecule has 8 heteroatoms. The van der Waals surface area contributed by atoms with Crippen LogP contribution < -0.4 is 15.8 Å². The molecular weight excluding hydrogens is 394 g/mol. The highest BCUT2D eigenvalue weighted by Crippen LogP contribution is 2.26. The molecule has 0 spiro atoms. The Bertz CT molecular complexity index is 1050. The molecule has 0 unspecified atom stereocenters. The van der Waals surface area contributed by atoms with Crippen molar-refractivity contribution in [3.63, 3.8) is 0 Å². The lowest BCUT2D eigenvalue weighted by molar-refractivity contribution is 0.0951. The Labute approximate surface area is 181 Å². The molecule has 2 aromatic heterocycles. The Morgan fingerprint density at radius 1 is 1.06 bits per heavy atom. The van der Waals surface area contributed by atoms with Gasteiger partial charge in [-0.25, -0.2) is 9.97 Å². The van der Waals surface area contributed by atoms with Crippen LogP contribution in [0.2, 0.25) is 0 Å². The minimum absolute atomic E-state index is 0.0376. The van der Waals surface area contributed by atoms with E-state index in [0.29, 0.717) is 48.3 Å². The minimum atomic E-state index is -0.0376. The molecule has 0 aliphatic heterocycles. The number of nitrogens with zero attached hydrogens (tertiary/aromatic N) is 3. The van der Waals surface area contributed by atoms with Crippen LogP contribution in [-0.2, 0) is 4.74 Å². The van der Waals surface area contributed by atoms with E-state index < -0.39 is 0 Å². The van der Waals surface area contributed by atoms with E-state index in [1.165, 1.54) is 0 Å². The van der Waals surface area contributed by atoms with Crippen molar-refractivity contribution in [1.82, 2.24) is 20.3 Å². The van der Waals surface area contributed by atoms with Gasteiger partial charge >= 0.3 is 0 Å². The Balaban J connectivity index is 1.50. The zero-order valence-electron chi connectivity index (χ0n) is 17.6. The van der Waals surface area contributed by atoms with E-state index in [-0.39, 0.29) is 11.9 Å². The summed E-state index contributed by atoms with van der Waals surface area (Å²) in [5, 5.41) is 2.99. The van der Waals surface area contributed by atoms with Crippen LogP contribution in [0.25, 0.3) is 22.3 Å². The average molecular weight is 422 g/mol. The lowest BCUT2D eigenvalue weighted by Gasteiger charge is -2.10. The number of amides is 1. The van der Waals surface area contributed by atoms with Gasteiger partial charge in [-0.1, -0.05) is 12.1 Å². The second-order valence-corrected chi connectivity index (χ2v) is 7.53. The maximum Gasteiger partial charge on any atom is 0.251 e. The third-order valence-corrected chi connectivity index (χ3v) is 5.01. The fraction of sp³-hybridized carbons (Fsp3) is 0.391. The number of aromatic nitrogens is 3. The van der Waals surface area contributed by atoms with Crippen molar-refractivity contribution < 1.29 is 14.3 Å². The summed E-state index contributed by atoms with van der Waals surface area (Å²) in [7, 11) is 0. The summed E-state index contributed by atoms with van der Waals surface area (Å²) in [5.41, 5.74) is 9.31. The molecule has 0 atom stereocenters. The van der Waals surface area contributed by atoms with Gasteiger partial charge < -0.3 is 20.5 Å². The second-order valence-electron chi connectivity index (χ2n) is 7.53. The van der Waals surface area contributed by atoms with Crippen LogP contribution in [0.15, 0.2) is 36.4 Å². The zero-order valence-corrected chi connectivity index (χ0v) is 17.6. The van der Waals surface area contributed by atoms with Gasteiger partial charge in [-0.05, 0) is 56.9 Å². The van der Waals surface area contributed by atoms with Gasteiger partial charge in [-0.2, -0.15) is 4.98 Å². The number of anilines is 1. The number of carbonyl (C=O) groups is 1. The number of ether oxygens (including phenoxy) is 2. The second kappa shape index (κ2) is 9.70. The van der Waals surface area contributed by atoms with E-state index in [4.69, 9.17) is 20.2 Å². The predicted octanol–water partition coefficient (Wildman–Crippen LogP) is 3.36. The molecule has 0 radical (unpaired) electrons. The third-order valence-electron chi connectivity index (χ3n) is 5.01. The molecule has 1 aromatic carbocycles. The molecule has 8 nitrogen and oxygen atoms in total. The summed E-state index contributed by atoms with van der Waals surface area (Å²) in [6.07, 6.45) is 3.88. The number of carbonyl (C=O) groups excluding carboxylic acids is 1. The van der Waals surface area contributed by atoms with Crippen LogP contribution in [0.3, 0.4) is 0 Å². The SMILES string of the molecule is CCOCCCCOc1nc(N)nc2ccc(-c3ccc(C(=O)NC4CC4)cc3)nc12. The molecule has 1 fully saturated rings. The van der Waals surface area contributed by atoms with E-state index in [1.54, 1.807) is 0 Å². The topological polar surface area (TPSA) is 112 Å². The summed E-state index contributed by atoms with van der Waals surface area (Å²) < 4.78 is 11.2. The quantitative estimate of drug-likeness (QED) is 0.483. The summed E-state index contributed by atoms with van der Waals surface area (Å²) in [6, 6.07) is 11.5. The fourth-order valence-electron chi connectivity index (χ4n) is 3.17. The molecule has 31 heavy (non-hydrogen) atoms. The largest absolute Gasteiger partial charge is 0.476 e. The first-order chi connectivity index (χ1) is 15.1. The van der Waals surface area contributed by atoms with Gasteiger partial charge in [0, 0.05) is 30.4 Å². The number of fused-ring (bicyclic) bond motifs is 1. The van der Waals surface area contributed by atoms with E-state index >= 15 is 0 Å². The first kappa shape index (κ1) is 21.0. The van der Waals surface area contributed by atoms with Crippen molar-refractivity contribution in [2.45, 2.75) is 38.6 Å². The van der Waals surface area contributed by atoms with Crippen LogP contribution in [0.1, 0.15) is 43.0 Å². The zero-order chi connectivity index (χ0) is 21.6. The lowest BCUT2D eigenvalue weighted by Crippen LogP contribution is -2.25. The first-order valence-corrected chi connectivity index (χ1v) is 10.7. The molecular formula is C23H27N5O3. The number of nitrogens with two attached hydrogens (primary N) is 1. The van der Waals surface area contributed by atoms with E-state index in [2.05, 4.69) is 15.3 Å². The molecule has 1 aliphatic carbocycles. The summed E-state index contributed by atoms with van der Waals surface area (Å²) in [4.78, 5) is 25.4. The Morgan fingerprint density at radius 2 is 1.84 bits per heavy atom. The molecule has 2 heterocycles. The van der Waals surface area contributed by atoms with Crippen LogP contribution >= 0.6 is 0 Å². The van der Waals surface area contributed by atoms with E-state index in [0.717, 1.165) is 36.9 Å². The maximum absolute atomic E-state index is 12.2. The van der Waals surface area contributed by atoms with Gasteiger partial charge in [0.05, 0.1) is 17.8 Å². The summed E-state index contributed by atoms with van der Waals surface area (Å²) in [5.74, 6) is 0.489. The first-order valence-electron chi connectivity index (χ1n) is 10.7. The van der Waals surface area contributed by atoms with Crippen LogP contribution in [0.5, 0.6) is 5.88 Å². The van der Waals surface area contributed by atoms with Crippen molar-refractivity contribution in [3.05, 3.63) is 42.0 Å². The Kier molecular flexibility index (Phi) is 6.57. The molecule has 1 aliphatic rings. The third kappa shape index (κ3) is 5.46. The normalized spacial score (nSPS) is 13.3. The summed E-state index contributed by atoms with van der Waals surface area (Å²) in [6.45, 7) is 3.90. The highest BCUT2D eigenvalue weighted by Gasteiger charge is 2.23. The Morgan fingerprint density at radius 3 is 2.58 bits per heavy atom. The van der Waals surface area contributed by atoms with E-state index in [9.17, 15) is 4.79 Å². The standard InChI is InChI=1S/C23H27N5O3/c1-2-30-13-3-4-14-31-22-20-19(27-23(24)28-22)12-11-18(26-20)15-5-7-16(8-6-15)21(29)25-17-9-10-17/h5-8,11-12,17H,2-4,9-10,13-14H2,1H3,(H,25,29)(H2,24,27,28). The van der Waals surface area contributed by atoms with Crippen molar-refractivity contribution >= 4 is 22.9 Å². The number of hydrogen-bond acceptors (Lipinski definition) is 7. The number of pyridine rings is 1. The van der Waals surface area contributed by atoms with Gasteiger partial charge in [0.1, 0.15) is 0 Å². The van der Waals surface area contributed by atoms with Crippen LogP contribution in [-0.4, -0.2) is 46.7 Å². The summed E-state index contributed by atoms with van der Waals surface area (Å²) >= 11 is 0. The molecule has 1 amide bonds. The monoisotopic (exact) mass is 421 g/mol. The molecule has 1 saturated carbocycles. The highest BCUT2D eigenvalue weighted by atomic mass is 16.5. The minimum Gasteiger partial charge on any atom is -0.476 e. The number of nitrogen functional groups attached to an aromatic ring is 1. The van der Waals surface area contributed by atoms with Gasteiger partial charge in [-0.15, -0.1) is 0 Å². The molecule has 3 aromatic rings.